The zero-order valence-corrected chi connectivity index (χ0v) is 20.1. The fraction of sp³-hybridized carbons (Fsp3) is 0.583. The van der Waals surface area contributed by atoms with Gasteiger partial charge in [0.05, 0.1) is 25.8 Å². The van der Waals surface area contributed by atoms with Crippen LogP contribution in [0, 0.1) is 0 Å². The van der Waals surface area contributed by atoms with Crippen LogP contribution in [0.25, 0.3) is 10.4 Å². The van der Waals surface area contributed by atoms with Crippen molar-refractivity contribution in [3.63, 3.8) is 0 Å². The average Bonchev–Trinajstić information content (AvgIpc) is 3.40. The third-order valence-electron chi connectivity index (χ3n) is 4.82. The highest BCUT2D eigenvalue weighted by molar-refractivity contribution is 7.66. The second kappa shape index (κ2) is 9.68. The summed E-state index contributed by atoms with van der Waals surface area (Å²) < 4.78 is 52.4. The van der Waals surface area contributed by atoms with Gasteiger partial charge in [-0.15, -0.1) is 0 Å². The molecule has 3 aliphatic rings. The molecule has 1 aromatic heterocycles. The summed E-state index contributed by atoms with van der Waals surface area (Å²) in [4.78, 5) is 52.8. The van der Waals surface area contributed by atoms with E-state index in [0.717, 1.165) is 0 Å². The van der Waals surface area contributed by atoms with Gasteiger partial charge in [0, 0.05) is 4.91 Å². The molecule has 198 valence electrons. The Labute approximate surface area is 199 Å². The van der Waals surface area contributed by atoms with Crippen LogP contribution in [-0.4, -0.2) is 94.0 Å². The van der Waals surface area contributed by atoms with Gasteiger partial charge < -0.3 is 39.4 Å². The molecule has 1 fully saturated rings. The van der Waals surface area contributed by atoms with E-state index in [1.165, 1.54) is 17.2 Å². The van der Waals surface area contributed by atoms with E-state index in [1.807, 2.05) is 0 Å². The first-order valence-corrected chi connectivity index (χ1v) is 14.0. The number of ether oxygens (including phenoxy) is 1. The number of aromatic nitrogens is 2. The molecule has 24 heteroatoms. The normalized spacial score (nSPS) is 30.7. The number of azide groups is 1. The summed E-state index contributed by atoms with van der Waals surface area (Å²) in [5.74, 6) is 0.504. The number of nitrogens with zero attached hydrogens (tertiary/aromatic N) is 8. The fourth-order valence-electron chi connectivity index (χ4n) is 3.46. The topological polar surface area (TPSA) is 304 Å². The van der Waals surface area contributed by atoms with Crippen molar-refractivity contribution in [3.8, 4) is 0 Å². The van der Waals surface area contributed by atoms with Crippen LogP contribution in [0.3, 0.4) is 0 Å². The minimum Gasteiger partial charge on any atom is -0.387 e. The molecule has 0 saturated carbocycles. The highest BCUT2D eigenvalue weighted by atomic mass is 31.3. The van der Waals surface area contributed by atoms with Crippen LogP contribution in [0.4, 0.5) is 5.82 Å². The van der Waals surface area contributed by atoms with E-state index in [2.05, 4.69) is 38.1 Å². The molecule has 4 heterocycles. The lowest BCUT2D eigenvalue weighted by atomic mass is 10.1. The van der Waals surface area contributed by atoms with Crippen molar-refractivity contribution in [1.29, 1.82) is 0 Å². The molecule has 6 N–H and O–H groups in total. The number of aliphatic hydroxyl groups excluding tert-OH is 2. The molecule has 7 atom stereocenters. The Morgan fingerprint density at radius 1 is 1.17 bits per heavy atom. The maximum absolute atomic E-state index is 11.9. The maximum Gasteiger partial charge on any atom is 0.490 e. The SMILES string of the molecule is [N-]=[N+]=NC1CN2C=Nc3c(ncn3[C@@H]3O[C@H](COP(=O)(O)OP(=O)(O)OP(=O)(O)O)[C@@H](O)[C@H]3O)C2=N1. The third kappa shape index (κ3) is 5.75. The number of rotatable bonds is 9. The molecule has 3 unspecified atom stereocenters. The van der Waals surface area contributed by atoms with Crippen LogP contribution in [0.5, 0.6) is 0 Å². The van der Waals surface area contributed by atoms with Gasteiger partial charge in [-0.05, 0) is 5.53 Å². The summed E-state index contributed by atoms with van der Waals surface area (Å²) in [5.41, 5.74) is 8.87. The van der Waals surface area contributed by atoms with Crippen LogP contribution in [-0.2, 0) is 31.6 Å². The number of aliphatic hydroxyl groups is 2. The van der Waals surface area contributed by atoms with Crippen LogP contribution < -0.4 is 0 Å². The van der Waals surface area contributed by atoms with Crippen LogP contribution >= 0.6 is 23.5 Å². The molecule has 21 nitrogen and oxygen atoms in total. The van der Waals surface area contributed by atoms with Crippen molar-refractivity contribution >= 4 is 41.5 Å². The summed E-state index contributed by atoms with van der Waals surface area (Å²) in [6.45, 7) is -0.744. The molecule has 1 aromatic rings. The molecule has 4 rings (SSSR count). The number of aliphatic imine (C=N–C) groups is 2. The largest absolute Gasteiger partial charge is 0.490 e. The van der Waals surface area contributed by atoms with Crippen LogP contribution in [0.15, 0.2) is 21.4 Å². The molecule has 1 saturated heterocycles. The van der Waals surface area contributed by atoms with E-state index in [1.54, 1.807) is 4.90 Å². The minimum absolute atomic E-state index is 0.163. The van der Waals surface area contributed by atoms with Gasteiger partial charge in [-0.3, -0.25) is 14.1 Å². The lowest BCUT2D eigenvalue weighted by molar-refractivity contribution is -0.0512. The second-order valence-electron chi connectivity index (χ2n) is 7.29. The lowest BCUT2D eigenvalue weighted by Crippen LogP contribution is -2.34. The number of hydrogen-bond donors (Lipinski definition) is 6. The predicted molar refractivity (Wildman–Crippen MR) is 112 cm³/mol. The Balaban J connectivity index is 1.45. The molecular weight excluding hydrogens is 557 g/mol. The summed E-state index contributed by atoms with van der Waals surface area (Å²) in [7, 11) is -16.8. The van der Waals surface area contributed by atoms with E-state index in [-0.39, 0.29) is 18.1 Å². The van der Waals surface area contributed by atoms with Crippen molar-refractivity contribution in [2.75, 3.05) is 13.2 Å². The number of hydrogen-bond acceptors (Lipinski definition) is 14. The van der Waals surface area contributed by atoms with Gasteiger partial charge in [0.2, 0.25) is 0 Å². The van der Waals surface area contributed by atoms with Crippen LogP contribution in [0.2, 0.25) is 0 Å². The quantitative estimate of drug-likeness (QED) is 0.0912. The van der Waals surface area contributed by atoms with E-state index in [4.69, 9.17) is 20.1 Å². The Morgan fingerprint density at radius 2 is 1.89 bits per heavy atom. The van der Waals surface area contributed by atoms with Crippen molar-refractivity contribution in [2.45, 2.75) is 30.7 Å². The van der Waals surface area contributed by atoms with Crippen molar-refractivity contribution in [2.24, 2.45) is 15.1 Å². The highest BCUT2D eigenvalue weighted by Crippen LogP contribution is 2.66. The first kappa shape index (κ1) is 27.0. The summed E-state index contributed by atoms with van der Waals surface area (Å²) in [5, 5.41) is 24.3. The highest BCUT2D eigenvalue weighted by Gasteiger charge is 2.47. The Bertz CT molecular complexity index is 1290. The molecule has 0 aliphatic carbocycles. The van der Waals surface area contributed by atoms with E-state index in [0.29, 0.717) is 5.84 Å². The van der Waals surface area contributed by atoms with Gasteiger partial charge in [0.25, 0.3) is 0 Å². The predicted octanol–water partition coefficient (Wildman–Crippen LogP) is -0.782. The van der Waals surface area contributed by atoms with Gasteiger partial charge in [0.1, 0.15) is 24.5 Å². The smallest absolute Gasteiger partial charge is 0.387 e. The van der Waals surface area contributed by atoms with E-state index < -0.39 is 60.8 Å². The summed E-state index contributed by atoms with van der Waals surface area (Å²) in [6, 6.07) is 0. The number of phosphoric acid groups is 3. The minimum atomic E-state index is -5.73. The monoisotopic (exact) mass is 574 g/mol. The second-order valence-corrected chi connectivity index (χ2v) is 11.7. The first-order chi connectivity index (χ1) is 16.7. The van der Waals surface area contributed by atoms with E-state index >= 15 is 0 Å². The summed E-state index contributed by atoms with van der Waals surface area (Å²) in [6.07, 6.45) is -4.26. The van der Waals surface area contributed by atoms with Crippen LogP contribution in [0.1, 0.15) is 11.9 Å². The van der Waals surface area contributed by atoms with Gasteiger partial charge in [-0.25, -0.2) is 23.7 Å². The Morgan fingerprint density at radius 3 is 2.56 bits per heavy atom. The van der Waals surface area contributed by atoms with Crippen molar-refractivity contribution in [1.82, 2.24) is 14.5 Å². The fourth-order valence-corrected chi connectivity index (χ4v) is 6.49. The summed E-state index contributed by atoms with van der Waals surface area (Å²) >= 11 is 0. The third-order valence-corrected chi connectivity index (χ3v) is 8.62. The van der Waals surface area contributed by atoms with Crippen molar-refractivity contribution in [3.05, 3.63) is 22.5 Å². The molecular formula is C12H17N8O13P3. The average molecular weight is 574 g/mol. The molecule has 0 amide bonds. The number of amidine groups is 1. The van der Waals surface area contributed by atoms with Gasteiger partial charge in [-0.2, -0.15) is 8.62 Å². The number of fused-ring (bicyclic) bond motifs is 3. The first-order valence-electron chi connectivity index (χ1n) is 9.50. The van der Waals surface area contributed by atoms with Gasteiger partial charge in [-0.1, -0.05) is 5.11 Å². The Hall–Kier alpha value is -2.05. The van der Waals surface area contributed by atoms with Gasteiger partial charge in [0.15, 0.2) is 23.6 Å². The standard InChI is InChI=1S/C12H17N8O13P3/c13-18-17-6-1-19-3-15-10-7(11(19)16-6)14-4-20(10)12-9(22)8(21)5(31-12)2-30-35(26,27)33-36(28,29)32-34(23,24)25/h3-6,8-9,12,21-22H,1-2H2,(H,26,27)(H,28,29)(H2,23,24,25)/t5-,6?,8-,9-,12-/m1/s1. The zero-order valence-electron chi connectivity index (χ0n) is 17.4. The zero-order chi connectivity index (χ0) is 26.5. The molecule has 0 spiro atoms. The van der Waals surface area contributed by atoms with Gasteiger partial charge >= 0.3 is 23.5 Å². The molecule has 3 aliphatic heterocycles. The van der Waals surface area contributed by atoms with Crippen molar-refractivity contribution < 1.29 is 61.4 Å². The number of phosphoric ester groups is 1. The Kier molecular flexibility index (Phi) is 7.26. The maximum atomic E-state index is 11.9. The van der Waals surface area contributed by atoms with E-state index in [9.17, 15) is 33.7 Å². The lowest BCUT2D eigenvalue weighted by Gasteiger charge is -2.21. The molecule has 0 aromatic carbocycles. The number of imidazole rings is 1. The molecule has 36 heavy (non-hydrogen) atoms. The molecule has 0 radical (unpaired) electrons. The molecule has 0 bridgehead atoms.